The minimum absolute atomic E-state index is 0.337. The Morgan fingerprint density at radius 3 is 2.34 bits per heavy atom. The minimum atomic E-state index is -0.591. The van der Waals surface area contributed by atoms with E-state index in [1.165, 1.54) is 22.4 Å². The summed E-state index contributed by atoms with van der Waals surface area (Å²) in [5.41, 5.74) is 2.64. The van der Waals surface area contributed by atoms with Gasteiger partial charge in [0.25, 0.3) is 0 Å². The third-order valence-electron chi connectivity index (χ3n) is 5.57. The van der Waals surface area contributed by atoms with Crippen molar-refractivity contribution >= 4 is 17.6 Å². The Labute approximate surface area is 190 Å². The van der Waals surface area contributed by atoms with E-state index in [0.717, 1.165) is 25.2 Å². The van der Waals surface area contributed by atoms with Gasteiger partial charge in [0.2, 0.25) is 0 Å². The zero-order valence-electron chi connectivity index (χ0n) is 19.1. The standard InChI is InChI=1S/C27H31N3O2/c1-27(2,3)32-26(31)30(23-13-8-5-9-14-23)25-17-16-22(19-28-25)24-15-10-18-29(24)20-21-11-6-4-7-12-21/h4-9,11-14,16-17,19,24H,10,15,18,20H2,1-3H3. The molecule has 1 aliphatic heterocycles. The number of carbonyl (C=O) groups is 1. The number of likely N-dealkylation sites (tertiary alicyclic amines) is 1. The molecule has 3 aromatic rings. The van der Waals surface area contributed by atoms with Gasteiger partial charge in [-0.05, 0) is 69.5 Å². The Kier molecular flexibility index (Phi) is 6.56. The lowest BCUT2D eigenvalue weighted by Gasteiger charge is -2.28. The molecule has 1 aliphatic rings. The first-order valence-corrected chi connectivity index (χ1v) is 11.2. The van der Waals surface area contributed by atoms with Crippen LogP contribution in [0.4, 0.5) is 16.3 Å². The number of benzene rings is 2. The largest absolute Gasteiger partial charge is 0.443 e. The topological polar surface area (TPSA) is 45.7 Å². The molecule has 5 nitrogen and oxygen atoms in total. The Bertz CT molecular complexity index is 1010. The Morgan fingerprint density at radius 2 is 1.72 bits per heavy atom. The van der Waals surface area contributed by atoms with E-state index < -0.39 is 11.7 Å². The third kappa shape index (κ3) is 5.35. The fourth-order valence-electron chi connectivity index (χ4n) is 4.15. The smallest absolute Gasteiger partial charge is 0.420 e. The minimum Gasteiger partial charge on any atom is -0.443 e. The van der Waals surface area contributed by atoms with Crippen molar-refractivity contribution in [2.45, 2.75) is 51.8 Å². The van der Waals surface area contributed by atoms with Crippen LogP contribution in [0.3, 0.4) is 0 Å². The molecule has 0 bridgehead atoms. The summed E-state index contributed by atoms with van der Waals surface area (Å²) < 4.78 is 5.66. The number of para-hydroxylation sites is 1. The normalized spacial score (nSPS) is 16.7. The van der Waals surface area contributed by atoms with Gasteiger partial charge in [-0.25, -0.2) is 14.7 Å². The van der Waals surface area contributed by atoms with Crippen LogP contribution in [0.2, 0.25) is 0 Å². The third-order valence-corrected chi connectivity index (χ3v) is 5.57. The summed E-state index contributed by atoms with van der Waals surface area (Å²) in [5, 5.41) is 0. The second kappa shape index (κ2) is 9.53. The summed E-state index contributed by atoms with van der Waals surface area (Å²) in [6, 6.07) is 24.4. The molecular weight excluding hydrogens is 398 g/mol. The Morgan fingerprint density at radius 1 is 1.03 bits per heavy atom. The molecule has 1 saturated heterocycles. The summed E-state index contributed by atoms with van der Waals surface area (Å²) in [6.07, 6.45) is 3.76. The number of carbonyl (C=O) groups excluding carboxylic acids is 1. The van der Waals surface area contributed by atoms with Crippen molar-refractivity contribution in [2.24, 2.45) is 0 Å². The average molecular weight is 430 g/mol. The van der Waals surface area contributed by atoms with Gasteiger partial charge < -0.3 is 4.74 Å². The highest BCUT2D eigenvalue weighted by atomic mass is 16.6. The van der Waals surface area contributed by atoms with E-state index in [1.54, 1.807) is 0 Å². The van der Waals surface area contributed by atoms with Gasteiger partial charge in [-0.1, -0.05) is 54.6 Å². The number of anilines is 2. The number of rotatable bonds is 5. The SMILES string of the molecule is CC(C)(C)OC(=O)N(c1ccccc1)c1ccc(C2CCCN2Cc2ccccc2)cn1. The van der Waals surface area contributed by atoms with E-state index in [2.05, 4.69) is 41.3 Å². The summed E-state index contributed by atoms with van der Waals surface area (Å²) >= 11 is 0. The van der Waals surface area contributed by atoms with E-state index in [-0.39, 0.29) is 0 Å². The maximum absolute atomic E-state index is 13.0. The molecule has 1 unspecified atom stereocenters. The number of ether oxygens (including phenoxy) is 1. The second-order valence-electron chi connectivity index (χ2n) is 9.22. The summed E-state index contributed by atoms with van der Waals surface area (Å²) in [6.45, 7) is 7.61. The summed E-state index contributed by atoms with van der Waals surface area (Å²) in [5.74, 6) is 0.557. The van der Waals surface area contributed by atoms with Crippen LogP contribution < -0.4 is 4.90 Å². The van der Waals surface area contributed by atoms with Crippen LogP contribution >= 0.6 is 0 Å². The van der Waals surface area contributed by atoms with Crippen molar-refractivity contribution in [1.82, 2.24) is 9.88 Å². The van der Waals surface area contributed by atoms with E-state index in [1.807, 2.05) is 63.4 Å². The number of amides is 1. The molecule has 2 aromatic carbocycles. The lowest BCUT2D eigenvalue weighted by Crippen LogP contribution is -2.34. The number of aromatic nitrogens is 1. The van der Waals surface area contributed by atoms with E-state index >= 15 is 0 Å². The van der Waals surface area contributed by atoms with Gasteiger partial charge in [0, 0.05) is 18.8 Å². The highest BCUT2D eigenvalue weighted by molar-refractivity contribution is 5.95. The molecule has 0 N–H and O–H groups in total. The zero-order valence-corrected chi connectivity index (χ0v) is 19.1. The molecule has 4 rings (SSSR count). The number of nitrogens with zero attached hydrogens (tertiary/aromatic N) is 3. The molecule has 0 spiro atoms. The molecule has 5 heteroatoms. The average Bonchev–Trinajstić information content (AvgIpc) is 3.23. The van der Waals surface area contributed by atoms with Crippen LogP contribution in [0, 0.1) is 0 Å². The van der Waals surface area contributed by atoms with Gasteiger partial charge in [-0.15, -0.1) is 0 Å². The second-order valence-corrected chi connectivity index (χ2v) is 9.22. The quantitative estimate of drug-likeness (QED) is 0.465. The van der Waals surface area contributed by atoms with E-state index in [0.29, 0.717) is 11.9 Å². The maximum atomic E-state index is 13.0. The lowest BCUT2D eigenvalue weighted by atomic mass is 10.1. The molecule has 166 valence electrons. The van der Waals surface area contributed by atoms with Crippen molar-refractivity contribution in [1.29, 1.82) is 0 Å². The Balaban J connectivity index is 1.56. The first-order valence-electron chi connectivity index (χ1n) is 11.2. The fraction of sp³-hybridized carbons (Fsp3) is 0.333. The molecule has 0 saturated carbocycles. The molecule has 0 radical (unpaired) electrons. The molecule has 1 atom stereocenters. The van der Waals surface area contributed by atoms with Gasteiger partial charge in [0.1, 0.15) is 11.4 Å². The molecule has 1 aromatic heterocycles. The molecule has 1 fully saturated rings. The fourth-order valence-corrected chi connectivity index (χ4v) is 4.15. The Hall–Kier alpha value is -3.18. The summed E-state index contributed by atoms with van der Waals surface area (Å²) in [7, 11) is 0. The highest BCUT2D eigenvalue weighted by Gasteiger charge is 2.28. The van der Waals surface area contributed by atoms with Crippen molar-refractivity contribution in [3.8, 4) is 0 Å². The highest BCUT2D eigenvalue weighted by Crippen LogP contribution is 2.34. The lowest BCUT2D eigenvalue weighted by molar-refractivity contribution is 0.0598. The molecule has 2 heterocycles. The number of pyridine rings is 1. The van der Waals surface area contributed by atoms with Gasteiger partial charge in [0.15, 0.2) is 0 Å². The molecule has 0 aliphatic carbocycles. The van der Waals surface area contributed by atoms with Crippen molar-refractivity contribution in [3.05, 3.63) is 90.1 Å². The van der Waals surface area contributed by atoms with Gasteiger partial charge >= 0.3 is 6.09 Å². The van der Waals surface area contributed by atoms with Crippen molar-refractivity contribution in [3.63, 3.8) is 0 Å². The summed E-state index contributed by atoms with van der Waals surface area (Å²) in [4.78, 5) is 21.7. The van der Waals surface area contributed by atoms with Crippen LogP contribution in [-0.2, 0) is 11.3 Å². The van der Waals surface area contributed by atoms with Gasteiger partial charge in [-0.2, -0.15) is 0 Å². The first kappa shape index (κ1) is 22.0. The van der Waals surface area contributed by atoms with Crippen molar-refractivity contribution in [2.75, 3.05) is 11.4 Å². The monoisotopic (exact) mass is 429 g/mol. The number of hydrogen-bond acceptors (Lipinski definition) is 4. The predicted molar refractivity (Wildman–Crippen MR) is 128 cm³/mol. The molecule has 1 amide bonds. The van der Waals surface area contributed by atoms with Gasteiger partial charge in [0.05, 0.1) is 5.69 Å². The number of hydrogen-bond donors (Lipinski definition) is 0. The zero-order chi connectivity index (χ0) is 22.6. The maximum Gasteiger partial charge on any atom is 0.420 e. The molecular formula is C27H31N3O2. The van der Waals surface area contributed by atoms with Crippen molar-refractivity contribution < 1.29 is 9.53 Å². The predicted octanol–water partition coefficient (Wildman–Crippen LogP) is 6.49. The first-order chi connectivity index (χ1) is 15.4. The van der Waals surface area contributed by atoms with Crippen LogP contribution in [0.15, 0.2) is 79.0 Å². The molecule has 32 heavy (non-hydrogen) atoms. The van der Waals surface area contributed by atoms with E-state index in [4.69, 9.17) is 9.72 Å². The van der Waals surface area contributed by atoms with E-state index in [9.17, 15) is 4.79 Å². The van der Waals surface area contributed by atoms with Crippen LogP contribution in [0.5, 0.6) is 0 Å². The van der Waals surface area contributed by atoms with Crippen LogP contribution in [0.1, 0.15) is 50.8 Å². The van der Waals surface area contributed by atoms with Gasteiger partial charge in [-0.3, -0.25) is 4.90 Å². The van der Waals surface area contributed by atoms with Crippen LogP contribution in [-0.4, -0.2) is 28.1 Å². The van der Waals surface area contributed by atoms with Crippen LogP contribution in [0.25, 0.3) is 0 Å².